The summed E-state index contributed by atoms with van der Waals surface area (Å²) in [6, 6.07) is 21.4. The van der Waals surface area contributed by atoms with Crippen LogP contribution in [0.5, 0.6) is 34.5 Å². The number of aryl methyl sites for hydroxylation is 2. The van der Waals surface area contributed by atoms with Gasteiger partial charge in [-0.3, -0.25) is 4.79 Å². The Morgan fingerprint density at radius 3 is 1.38 bits per heavy atom. The summed E-state index contributed by atoms with van der Waals surface area (Å²) < 4.78 is 36.2. The average Bonchev–Trinajstić information content (AvgIpc) is 3.70. The summed E-state index contributed by atoms with van der Waals surface area (Å²) in [6.07, 6.45) is 3.57. The lowest BCUT2D eigenvalue weighted by Crippen LogP contribution is -2.10. The van der Waals surface area contributed by atoms with E-state index >= 15 is 0 Å². The van der Waals surface area contributed by atoms with Gasteiger partial charge in [-0.25, -0.2) is 0 Å². The molecule has 0 saturated carbocycles. The van der Waals surface area contributed by atoms with Gasteiger partial charge in [0.2, 0.25) is 11.5 Å². The Hall–Kier alpha value is -6.80. The van der Waals surface area contributed by atoms with Crippen LogP contribution in [0.1, 0.15) is 38.2 Å². The molecular weight excluding hydrogens is 672 g/mol. The summed E-state index contributed by atoms with van der Waals surface area (Å²) in [4.78, 5) is 11.8. The second-order valence-electron chi connectivity index (χ2n) is 12.0. The Balaban J connectivity index is 0.000000204. The largest absolute Gasteiger partial charge is 0.493 e. The number of rotatable bonds is 11. The lowest BCUT2D eigenvalue weighted by molar-refractivity contribution is 0.100. The van der Waals surface area contributed by atoms with Crippen molar-refractivity contribution in [3.05, 3.63) is 120 Å². The standard InChI is InChI=1S/C21H22N2O4.C21H20N2O3/c1-12(14-9-18(25-3)20(27-5)19(10-14)26-4)13-6-7-17-15(8-13)16(21(22)24)11-23(17)2;1-13(15-9-19(24-3)21(26-5)20(10-15)25-4)14-6-7-18-17(8-14)16(11-22)12-23(18)2/h6-11H,1H2,2-5H3,(H2,22,24);6-10,12H,1H2,2-5H3. The summed E-state index contributed by atoms with van der Waals surface area (Å²) in [7, 11) is 13.2. The number of methoxy groups -OCH3 is 6. The van der Waals surface area contributed by atoms with Crippen LogP contribution in [0.3, 0.4) is 0 Å². The molecule has 0 aliphatic carbocycles. The fourth-order valence-electron chi connectivity index (χ4n) is 6.29. The maximum Gasteiger partial charge on any atom is 0.250 e. The van der Waals surface area contributed by atoms with Crippen LogP contribution in [-0.2, 0) is 14.1 Å². The first-order valence-corrected chi connectivity index (χ1v) is 16.3. The maximum absolute atomic E-state index is 11.8. The number of amides is 1. The molecule has 0 bridgehead atoms. The number of nitrogens with zero attached hydrogens (tertiary/aromatic N) is 3. The smallest absolute Gasteiger partial charge is 0.250 e. The highest BCUT2D eigenvalue weighted by molar-refractivity contribution is 6.07. The van der Waals surface area contributed by atoms with Gasteiger partial charge < -0.3 is 43.3 Å². The van der Waals surface area contributed by atoms with E-state index in [2.05, 4.69) is 19.2 Å². The van der Waals surface area contributed by atoms with Crippen LogP contribution in [0, 0.1) is 11.3 Å². The molecule has 0 radical (unpaired) electrons. The molecule has 0 fully saturated rings. The number of nitrogens with two attached hydrogens (primary N) is 1. The Kier molecular flexibility index (Phi) is 11.0. The number of ether oxygens (including phenoxy) is 6. The third kappa shape index (κ3) is 7.07. The molecule has 272 valence electrons. The van der Waals surface area contributed by atoms with Gasteiger partial charge in [-0.2, -0.15) is 5.26 Å². The molecule has 2 heterocycles. The van der Waals surface area contributed by atoms with E-state index < -0.39 is 5.91 Å². The number of carbonyl (C=O) groups is 1. The fourth-order valence-corrected chi connectivity index (χ4v) is 6.29. The molecule has 11 nitrogen and oxygen atoms in total. The molecule has 6 rings (SSSR count). The van der Waals surface area contributed by atoms with Crippen molar-refractivity contribution < 1.29 is 33.2 Å². The fraction of sp³-hybridized carbons (Fsp3) is 0.190. The summed E-state index contributed by atoms with van der Waals surface area (Å²) in [5.74, 6) is 2.83. The van der Waals surface area contributed by atoms with Crippen LogP contribution in [0.15, 0.2) is 86.2 Å². The Morgan fingerprint density at radius 1 is 0.604 bits per heavy atom. The minimum Gasteiger partial charge on any atom is -0.493 e. The number of aromatic nitrogens is 2. The van der Waals surface area contributed by atoms with Crippen LogP contribution in [0.4, 0.5) is 0 Å². The molecule has 0 saturated heterocycles. The molecule has 0 aliphatic heterocycles. The lowest BCUT2D eigenvalue weighted by atomic mass is 9.97. The molecule has 0 spiro atoms. The molecule has 53 heavy (non-hydrogen) atoms. The molecule has 2 aromatic heterocycles. The van der Waals surface area contributed by atoms with E-state index in [1.54, 1.807) is 48.9 Å². The van der Waals surface area contributed by atoms with Crippen molar-refractivity contribution >= 4 is 38.9 Å². The Morgan fingerprint density at radius 2 is 1.00 bits per heavy atom. The van der Waals surface area contributed by atoms with Gasteiger partial charge in [-0.05, 0) is 81.9 Å². The van der Waals surface area contributed by atoms with Gasteiger partial charge in [-0.1, -0.05) is 25.3 Å². The Labute approximate surface area is 308 Å². The van der Waals surface area contributed by atoms with Gasteiger partial charge in [0.15, 0.2) is 23.0 Å². The first-order valence-electron chi connectivity index (χ1n) is 16.3. The second-order valence-corrected chi connectivity index (χ2v) is 12.0. The van der Waals surface area contributed by atoms with Gasteiger partial charge >= 0.3 is 0 Å². The van der Waals surface area contributed by atoms with Crippen LogP contribution < -0.4 is 34.2 Å². The molecule has 0 unspecified atom stereocenters. The summed E-state index contributed by atoms with van der Waals surface area (Å²) >= 11 is 0. The van der Waals surface area contributed by atoms with Crippen molar-refractivity contribution in [2.24, 2.45) is 19.8 Å². The number of hydrogen-bond donors (Lipinski definition) is 1. The second kappa shape index (κ2) is 15.6. The number of fused-ring (bicyclic) bond motifs is 2. The van der Waals surface area contributed by atoms with Gasteiger partial charge in [-0.15, -0.1) is 0 Å². The van der Waals surface area contributed by atoms with Crippen LogP contribution in [0.2, 0.25) is 0 Å². The minimum atomic E-state index is -0.462. The highest BCUT2D eigenvalue weighted by Gasteiger charge is 2.18. The predicted molar refractivity (Wildman–Crippen MR) is 208 cm³/mol. The molecular formula is C42H42N4O7. The normalized spacial score (nSPS) is 10.5. The van der Waals surface area contributed by atoms with Gasteiger partial charge in [0, 0.05) is 48.3 Å². The van der Waals surface area contributed by atoms with Crippen LogP contribution in [-0.4, -0.2) is 57.7 Å². The topological polar surface area (TPSA) is 132 Å². The summed E-state index contributed by atoms with van der Waals surface area (Å²) in [5.41, 5.74) is 13.6. The predicted octanol–water partition coefficient (Wildman–Crippen LogP) is 7.50. The molecule has 0 atom stereocenters. The van der Waals surface area contributed by atoms with E-state index in [4.69, 9.17) is 34.2 Å². The maximum atomic E-state index is 11.8. The van der Waals surface area contributed by atoms with Gasteiger partial charge in [0.1, 0.15) is 6.07 Å². The number of primary amides is 1. The van der Waals surface area contributed by atoms with Crippen LogP contribution in [0.25, 0.3) is 33.0 Å². The molecule has 4 aromatic carbocycles. The number of hydrogen-bond acceptors (Lipinski definition) is 8. The lowest BCUT2D eigenvalue weighted by Gasteiger charge is -2.15. The van der Waals surface area contributed by atoms with E-state index in [0.29, 0.717) is 45.6 Å². The SMILES string of the molecule is C=C(c1cc(OC)c(OC)c(OC)c1)c1ccc2c(c1)c(C#N)cn2C.C=C(c1cc(OC)c(OC)c(OC)c1)c1ccc2c(c1)c(C(N)=O)cn2C. The molecule has 6 aromatic rings. The first kappa shape index (κ1) is 37.5. The number of nitriles is 1. The zero-order valence-corrected chi connectivity index (χ0v) is 31.1. The highest BCUT2D eigenvalue weighted by Crippen LogP contribution is 2.42. The van der Waals surface area contributed by atoms with E-state index in [1.807, 2.05) is 90.1 Å². The van der Waals surface area contributed by atoms with Crippen molar-refractivity contribution in [2.45, 2.75) is 0 Å². The zero-order valence-electron chi connectivity index (χ0n) is 31.1. The van der Waals surface area contributed by atoms with Gasteiger partial charge in [0.05, 0.1) is 53.8 Å². The third-order valence-electron chi connectivity index (χ3n) is 9.09. The van der Waals surface area contributed by atoms with Crippen molar-refractivity contribution in [2.75, 3.05) is 42.7 Å². The first-order chi connectivity index (χ1) is 25.4. The average molecular weight is 715 g/mol. The van der Waals surface area contributed by atoms with E-state index in [1.165, 1.54) is 0 Å². The molecule has 1 amide bonds. The Bertz CT molecular complexity index is 2380. The molecule has 2 N–H and O–H groups in total. The van der Waals surface area contributed by atoms with Gasteiger partial charge in [0.25, 0.3) is 5.91 Å². The quantitative estimate of drug-likeness (QED) is 0.146. The zero-order chi connectivity index (χ0) is 38.6. The number of benzene rings is 4. The van der Waals surface area contributed by atoms with Crippen molar-refractivity contribution in [3.8, 4) is 40.6 Å². The third-order valence-corrected chi connectivity index (χ3v) is 9.09. The van der Waals surface area contributed by atoms with E-state index in [0.717, 1.165) is 55.2 Å². The minimum absolute atomic E-state index is 0.462. The monoisotopic (exact) mass is 714 g/mol. The van der Waals surface area contributed by atoms with Crippen molar-refractivity contribution in [1.29, 1.82) is 5.26 Å². The summed E-state index contributed by atoms with van der Waals surface area (Å²) in [6.45, 7) is 8.44. The number of carbonyl (C=O) groups excluding carboxylic acids is 1. The van der Waals surface area contributed by atoms with E-state index in [-0.39, 0.29) is 0 Å². The van der Waals surface area contributed by atoms with Crippen molar-refractivity contribution in [3.63, 3.8) is 0 Å². The molecule has 0 aliphatic rings. The van der Waals surface area contributed by atoms with Crippen molar-refractivity contribution in [1.82, 2.24) is 9.13 Å². The van der Waals surface area contributed by atoms with Crippen LogP contribution >= 0.6 is 0 Å². The highest BCUT2D eigenvalue weighted by atomic mass is 16.5. The summed E-state index contributed by atoms with van der Waals surface area (Å²) in [5, 5.41) is 11.0. The van der Waals surface area contributed by atoms with E-state index in [9.17, 15) is 10.1 Å². The molecule has 11 heteroatoms.